The van der Waals surface area contributed by atoms with Gasteiger partial charge in [-0.15, -0.1) is 0 Å². The van der Waals surface area contributed by atoms with E-state index < -0.39 is 5.97 Å². The highest BCUT2D eigenvalue weighted by Crippen LogP contribution is 2.20. The Balaban J connectivity index is 3.21. The van der Waals surface area contributed by atoms with Crippen molar-refractivity contribution >= 4 is 5.97 Å². The Labute approximate surface area is 83.6 Å². The van der Waals surface area contributed by atoms with Crippen molar-refractivity contribution in [1.82, 2.24) is 0 Å². The largest absolute Gasteiger partial charge is 0.478 e. The van der Waals surface area contributed by atoms with E-state index in [-0.39, 0.29) is 6.04 Å². The van der Waals surface area contributed by atoms with E-state index in [9.17, 15) is 4.79 Å². The van der Waals surface area contributed by atoms with Gasteiger partial charge in [-0.1, -0.05) is 24.6 Å². The number of aromatic carboxylic acids is 1. The Kier molecular flexibility index (Phi) is 3.25. The van der Waals surface area contributed by atoms with Crippen LogP contribution in [0.5, 0.6) is 0 Å². The number of aryl methyl sites for hydroxylation is 1. The van der Waals surface area contributed by atoms with Gasteiger partial charge in [0.15, 0.2) is 0 Å². The predicted octanol–water partition coefficient (Wildman–Crippen LogP) is 2.10. The first-order valence-electron chi connectivity index (χ1n) is 4.65. The molecule has 0 spiro atoms. The quantitative estimate of drug-likeness (QED) is 0.772. The van der Waals surface area contributed by atoms with Crippen LogP contribution in [0.1, 0.15) is 40.9 Å². The van der Waals surface area contributed by atoms with Crippen LogP contribution in [-0.2, 0) is 0 Å². The van der Waals surface area contributed by atoms with Crippen molar-refractivity contribution in [2.45, 2.75) is 26.3 Å². The van der Waals surface area contributed by atoms with Crippen molar-refractivity contribution in [3.63, 3.8) is 0 Å². The first kappa shape index (κ1) is 10.7. The Hall–Kier alpha value is -1.35. The highest BCUT2D eigenvalue weighted by atomic mass is 16.4. The average molecular weight is 193 g/mol. The van der Waals surface area contributed by atoms with E-state index in [0.717, 1.165) is 12.0 Å². The molecular weight excluding hydrogens is 178 g/mol. The van der Waals surface area contributed by atoms with Crippen LogP contribution in [0.25, 0.3) is 0 Å². The van der Waals surface area contributed by atoms with Gasteiger partial charge in [0.2, 0.25) is 0 Å². The molecule has 0 aliphatic carbocycles. The van der Waals surface area contributed by atoms with Crippen molar-refractivity contribution < 1.29 is 9.90 Å². The molecule has 3 nitrogen and oxygen atoms in total. The number of benzene rings is 1. The first-order chi connectivity index (χ1) is 6.56. The molecule has 1 rings (SSSR count). The van der Waals surface area contributed by atoms with E-state index in [0.29, 0.717) is 11.1 Å². The van der Waals surface area contributed by atoms with Gasteiger partial charge >= 0.3 is 5.97 Å². The molecule has 0 aliphatic heterocycles. The summed E-state index contributed by atoms with van der Waals surface area (Å²) in [7, 11) is 0. The predicted molar refractivity (Wildman–Crippen MR) is 55.4 cm³/mol. The van der Waals surface area contributed by atoms with Crippen molar-refractivity contribution in [1.29, 1.82) is 0 Å². The Morgan fingerprint density at radius 1 is 1.57 bits per heavy atom. The van der Waals surface area contributed by atoms with E-state index in [2.05, 4.69) is 0 Å². The number of carboxylic acids is 1. The third kappa shape index (κ3) is 2.12. The topological polar surface area (TPSA) is 63.3 Å². The molecule has 0 aromatic heterocycles. The second-order valence-corrected chi connectivity index (χ2v) is 3.41. The lowest BCUT2D eigenvalue weighted by molar-refractivity contribution is 0.0695. The fourth-order valence-corrected chi connectivity index (χ4v) is 1.40. The Morgan fingerprint density at radius 2 is 2.21 bits per heavy atom. The Bertz CT molecular complexity index is 347. The number of rotatable bonds is 3. The highest BCUT2D eigenvalue weighted by molar-refractivity contribution is 5.89. The number of carboxylic acid groups (broad SMARTS) is 1. The summed E-state index contributed by atoms with van der Waals surface area (Å²) in [5.74, 6) is -0.910. The third-order valence-corrected chi connectivity index (χ3v) is 2.28. The minimum atomic E-state index is -0.910. The summed E-state index contributed by atoms with van der Waals surface area (Å²) in [5, 5.41) is 8.98. The molecule has 76 valence electrons. The van der Waals surface area contributed by atoms with Crippen LogP contribution in [0.4, 0.5) is 0 Å². The molecule has 0 aliphatic rings. The van der Waals surface area contributed by atoms with Crippen LogP contribution in [0.15, 0.2) is 18.2 Å². The average Bonchev–Trinajstić information content (AvgIpc) is 2.16. The number of carbonyl (C=O) groups is 1. The van der Waals surface area contributed by atoms with Gasteiger partial charge < -0.3 is 10.8 Å². The molecule has 0 fully saturated rings. The van der Waals surface area contributed by atoms with Gasteiger partial charge in [-0.05, 0) is 25.0 Å². The lowest BCUT2D eigenvalue weighted by Gasteiger charge is -2.12. The molecule has 0 bridgehead atoms. The third-order valence-electron chi connectivity index (χ3n) is 2.28. The lowest BCUT2D eigenvalue weighted by atomic mass is 9.97. The standard InChI is InChI=1S/C11H15NO2/c1-3-10(12)8-5-4-7(2)6-9(8)11(13)14/h4-6,10H,3,12H2,1-2H3,(H,13,14)/t10-/m1/s1. The molecule has 1 aromatic rings. The van der Waals surface area contributed by atoms with Crippen LogP contribution in [0.2, 0.25) is 0 Å². The van der Waals surface area contributed by atoms with E-state index in [1.807, 2.05) is 19.9 Å². The maximum Gasteiger partial charge on any atom is 0.336 e. The van der Waals surface area contributed by atoms with Gasteiger partial charge in [-0.25, -0.2) is 4.79 Å². The van der Waals surface area contributed by atoms with Crippen LogP contribution in [-0.4, -0.2) is 11.1 Å². The molecule has 1 aromatic carbocycles. The monoisotopic (exact) mass is 193 g/mol. The molecule has 0 saturated heterocycles. The van der Waals surface area contributed by atoms with E-state index in [4.69, 9.17) is 10.8 Å². The van der Waals surface area contributed by atoms with Crippen molar-refractivity contribution in [3.8, 4) is 0 Å². The molecule has 3 heteroatoms. The van der Waals surface area contributed by atoms with Crippen molar-refractivity contribution in [2.75, 3.05) is 0 Å². The maximum atomic E-state index is 10.9. The fraction of sp³-hybridized carbons (Fsp3) is 0.364. The zero-order chi connectivity index (χ0) is 10.7. The molecule has 0 heterocycles. The lowest BCUT2D eigenvalue weighted by Crippen LogP contribution is -2.14. The maximum absolute atomic E-state index is 10.9. The molecular formula is C11H15NO2. The van der Waals surface area contributed by atoms with E-state index in [1.165, 1.54) is 0 Å². The van der Waals surface area contributed by atoms with Gasteiger partial charge in [-0.2, -0.15) is 0 Å². The summed E-state index contributed by atoms with van der Waals surface area (Å²) in [5.41, 5.74) is 7.79. The number of hydrogen-bond acceptors (Lipinski definition) is 2. The summed E-state index contributed by atoms with van der Waals surface area (Å²) in [4.78, 5) is 10.9. The molecule has 1 atom stereocenters. The van der Waals surface area contributed by atoms with Crippen molar-refractivity contribution in [2.24, 2.45) is 5.73 Å². The summed E-state index contributed by atoms with van der Waals surface area (Å²) in [6.07, 6.45) is 0.739. The fourth-order valence-electron chi connectivity index (χ4n) is 1.40. The summed E-state index contributed by atoms with van der Waals surface area (Å²) in [6, 6.07) is 5.15. The van der Waals surface area contributed by atoms with E-state index in [1.54, 1.807) is 12.1 Å². The molecule has 0 saturated carbocycles. The normalized spacial score (nSPS) is 12.5. The summed E-state index contributed by atoms with van der Waals surface area (Å²) >= 11 is 0. The Morgan fingerprint density at radius 3 is 2.71 bits per heavy atom. The second-order valence-electron chi connectivity index (χ2n) is 3.41. The van der Waals surface area contributed by atoms with Crippen LogP contribution < -0.4 is 5.73 Å². The van der Waals surface area contributed by atoms with E-state index >= 15 is 0 Å². The molecule has 3 N–H and O–H groups in total. The minimum absolute atomic E-state index is 0.193. The van der Waals surface area contributed by atoms with Gasteiger partial charge in [0, 0.05) is 6.04 Å². The SMILES string of the molecule is CC[C@@H](N)c1ccc(C)cc1C(=O)O. The van der Waals surface area contributed by atoms with Crippen LogP contribution in [0, 0.1) is 6.92 Å². The summed E-state index contributed by atoms with van der Waals surface area (Å²) in [6.45, 7) is 3.81. The number of nitrogens with two attached hydrogens (primary N) is 1. The van der Waals surface area contributed by atoms with Crippen LogP contribution >= 0.6 is 0 Å². The zero-order valence-electron chi connectivity index (χ0n) is 8.45. The zero-order valence-corrected chi connectivity index (χ0v) is 8.45. The smallest absolute Gasteiger partial charge is 0.336 e. The second kappa shape index (κ2) is 4.24. The van der Waals surface area contributed by atoms with Gasteiger partial charge in [-0.3, -0.25) is 0 Å². The van der Waals surface area contributed by atoms with Crippen LogP contribution in [0.3, 0.4) is 0 Å². The molecule has 0 unspecified atom stereocenters. The number of hydrogen-bond donors (Lipinski definition) is 2. The minimum Gasteiger partial charge on any atom is -0.478 e. The van der Waals surface area contributed by atoms with Gasteiger partial charge in [0.25, 0.3) is 0 Å². The van der Waals surface area contributed by atoms with Gasteiger partial charge in [0.1, 0.15) is 0 Å². The molecule has 14 heavy (non-hydrogen) atoms. The summed E-state index contributed by atoms with van der Waals surface area (Å²) < 4.78 is 0. The van der Waals surface area contributed by atoms with Crippen molar-refractivity contribution in [3.05, 3.63) is 34.9 Å². The first-order valence-corrected chi connectivity index (χ1v) is 4.65. The van der Waals surface area contributed by atoms with Gasteiger partial charge in [0.05, 0.1) is 5.56 Å². The highest BCUT2D eigenvalue weighted by Gasteiger charge is 2.14. The molecule has 0 amide bonds. The molecule has 0 radical (unpaired) electrons.